The normalized spacial score (nSPS) is 16.8. The van der Waals surface area contributed by atoms with Gasteiger partial charge in [-0.3, -0.25) is 4.99 Å². The number of sulfonamides is 1. The molecular formula is C13H28N4O2S. The monoisotopic (exact) mass is 304 g/mol. The van der Waals surface area contributed by atoms with Crippen LogP contribution in [-0.4, -0.2) is 46.8 Å². The van der Waals surface area contributed by atoms with Crippen molar-refractivity contribution in [3.8, 4) is 0 Å². The second-order valence-electron chi connectivity index (χ2n) is 5.24. The van der Waals surface area contributed by atoms with Crippen LogP contribution in [-0.2, 0) is 10.0 Å². The van der Waals surface area contributed by atoms with Gasteiger partial charge in [0.15, 0.2) is 5.96 Å². The summed E-state index contributed by atoms with van der Waals surface area (Å²) in [7, 11) is -1.49. The predicted molar refractivity (Wildman–Crippen MR) is 83.4 cm³/mol. The zero-order chi connectivity index (χ0) is 14.8. The number of rotatable bonds is 9. The molecule has 0 aromatic heterocycles. The van der Waals surface area contributed by atoms with Gasteiger partial charge in [-0.25, -0.2) is 13.1 Å². The Morgan fingerprint density at radius 1 is 1.25 bits per heavy atom. The molecule has 0 aliphatic heterocycles. The van der Waals surface area contributed by atoms with E-state index in [9.17, 15) is 8.42 Å². The first-order valence-corrected chi connectivity index (χ1v) is 9.14. The van der Waals surface area contributed by atoms with Gasteiger partial charge in [0, 0.05) is 26.7 Å². The Bertz CT molecular complexity index is 391. The van der Waals surface area contributed by atoms with Crippen LogP contribution >= 0.6 is 0 Å². The number of guanidine groups is 1. The Morgan fingerprint density at radius 2 is 1.95 bits per heavy atom. The second-order valence-corrected chi connectivity index (χ2v) is 7.17. The van der Waals surface area contributed by atoms with Crippen molar-refractivity contribution in [1.82, 2.24) is 15.4 Å². The van der Waals surface area contributed by atoms with Gasteiger partial charge in [-0.15, -0.1) is 0 Å². The number of aliphatic imine (C=N–C) groups is 1. The van der Waals surface area contributed by atoms with Crippen molar-refractivity contribution in [3.05, 3.63) is 0 Å². The zero-order valence-corrected chi connectivity index (χ0v) is 13.4. The fourth-order valence-electron chi connectivity index (χ4n) is 1.92. The van der Waals surface area contributed by atoms with E-state index >= 15 is 0 Å². The summed E-state index contributed by atoms with van der Waals surface area (Å²) >= 11 is 0. The molecule has 0 heterocycles. The van der Waals surface area contributed by atoms with E-state index in [1.807, 2.05) is 0 Å². The van der Waals surface area contributed by atoms with Crippen molar-refractivity contribution in [1.29, 1.82) is 0 Å². The predicted octanol–water partition coefficient (Wildman–Crippen LogP) is 0.671. The summed E-state index contributed by atoms with van der Waals surface area (Å²) in [4.78, 5) is 4.06. The maximum absolute atomic E-state index is 11.8. The van der Waals surface area contributed by atoms with E-state index in [4.69, 9.17) is 0 Å². The van der Waals surface area contributed by atoms with Crippen molar-refractivity contribution < 1.29 is 8.42 Å². The van der Waals surface area contributed by atoms with Gasteiger partial charge < -0.3 is 10.6 Å². The van der Waals surface area contributed by atoms with E-state index in [0.29, 0.717) is 25.0 Å². The van der Waals surface area contributed by atoms with Crippen molar-refractivity contribution in [2.45, 2.75) is 39.0 Å². The van der Waals surface area contributed by atoms with Crippen LogP contribution in [0.5, 0.6) is 0 Å². The summed E-state index contributed by atoms with van der Waals surface area (Å²) in [5, 5.41) is 6.17. The minimum atomic E-state index is -3.18. The lowest BCUT2D eigenvalue weighted by molar-refractivity contribution is 0.316. The molecule has 0 amide bonds. The molecule has 118 valence electrons. The topological polar surface area (TPSA) is 82.6 Å². The summed E-state index contributed by atoms with van der Waals surface area (Å²) < 4.78 is 26.3. The molecule has 1 aliphatic rings. The van der Waals surface area contributed by atoms with Crippen LogP contribution in [0.4, 0.5) is 0 Å². The summed E-state index contributed by atoms with van der Waals surface area (Å²) in [6, 6.07) is 0. The van der Waals surface area contributed by atoms with Gasteiger partial charge in [-0.05, 0) is 25.2 Å². The van der Waals surface area contributed by atoms with Crippen LogP contribution in [0.3, 0.4) is 0 Å². The lowest BCUT2D eigenvalue weighted by Gasteiger charge is -2.25. The smallest absolute Gasteiger partial charge is 0.213 e. The van der Waals surface area contributed by atoms with Gasteiger partial charge >= 0.3 is 0 Å². The van der Waals surface area contributed by atoms with Gasteiger partial charge in [-0.1, -0.05) is 19.8 Å². The number of hydrogen-bond donors (Lipinski definition) is 3. The average Bonchev–Trinajstić information content (AvgIpc) is 2.35. The molecule has 20 heavy (non-hydrogen) atoms. The summed E-state index contributed by atoms with van der Waals surface area (Å²) in [5.41, 5.74) is 0. The quantitative estimate of drug-likeness (QED) is 0.332. The summed E-state index contributed by atoms with van der Waals surface area (Å²) in [6.45, 7) is 3.93. The lowest BCUT2D eigenvalue weighted by atomic mass is 9.86. The number of unbranched alkanes of at least 4 members (excludes halogenated alkanes) is 1. The third kappa shape index (κ3) is 7.09. The first kappa shape index (κ1) is 17.2. The van der Waals surface area contributed by atoms with E-state index in [2.05, 4.69) is 27.3 Å². The third-order valence-electron chi connectivity index (χ3n) is 3.53. The standard InChI is InChI=1S/C13H28N4O2S/c1-3-4-8-15-13(14-2)16-9-10-20(18,19)17-11-12-6-5-7-12/h12,17H,3-11H2,1-2H3,(H2,14,15,16). The Morgan fingerprint density at radius 3 is 2.50 bits per heavy atom. The highest BCUT2D eigenvalue weighted by atomic mass is 32.2. The molecule has 0 aromatic rings. The van der Waals surface area contributed by atoms with Crippen LogP contribution in [0.15, 0.2) is 4.99 Å². The molecule has 1 fully saturated rings. The molecule has 0 aromatic carbocycles. The molecule has 0 atom stereocenters. The average molecular weight is 304 g/mol. The molecule has 0 bridgehead atoms. The highest BCUT2D eigenvalue weighted by molar-refractivity contribution is 7.89. The van der Waals surface area contributed by atoms with E-state index < -0.39 is 10.0 Å². The highest BCUT2D eigenvalue weighted by Gasteiger charge is 2.19. The molecule has 6 nitrogen and oxygen atoms in total. The molecule has 3 N–H and O–H groups in total. The van der Waals surface area contributed by atoms with Gasteiger partial charge in [0.25, 0.3) is 0 Å². The second kappa shape index (κ2) is 9.18. The Kier molecular flexibility index (Phi) is 7.91. The van der Waals surface area contributed by atoms with Crippen molar-refractivity contribution in [2.24, 2.45) is 10.9 Å². The Labute approximate surface area is 122 Å². The van der Waals surface area contributed by atoms with Crippen LogP contribution in [0, 0.1) is 5.92 Å². The highest BCUT2D eigenvalue weighted by Crippen LogP contribution is 2.25. The van der Waals surface area contributed by atoms with Crippen LogP contribution in [0.25, 0.3) is 0 Å². The van der Waals surface area contributed by atoms with Crippen molar-refractivity contribution in [2.75, 3.05) is 32.4 Å². The molecule has 0 saturated heterocycles. The van der Waals surface area contributed by atoms with E-state index in [0.717, 1.165) is 32.2 Å². The minimum absolute atomic E-state index is 0.0776. The largest absolute Gasteiger partial charge is 0.356 e. The molecule has 1 saturated carbocycles. The molecule has 0 unspecified atom stereocenters. The molecule has 0 radical (unpaired) electrons. The Balaban J connectivity index is 2.16. The van der Waals surface area contributed by atoms with E-state index in [1.165, 1.54) is 6.42 Å². The minimum Gasteiger partial charge on any atom is -0.356 e. The molecule has 7 heteroatoms. The van der Waals surface area contributed by atoms with Gasteiger partial charge in [0.2, 0.25) is 10.0 Å². The SMILES string of the molecule is CCCCNC(=NC)NCCS(=O)(=O)NCC1CCC1. The maximum Gasteiger partial charge on any atom is 0.213 e. The lowest BCUT2D eigenvalue weighted by Crippen LogP contribution is -2.42. The van der Waals surface area contributed by atoms with Gasteiger partial charge in [0.05, 0.1) is 5.75 Å². The van der Waals surface area contributed by atoms with Crippen LogP contribution in [0.2, 0.25) is 0 Å². The number of hydrogen-bond acceptors (Lipinski definition) is 3. The van der Waals surface area contributed by atoms with E-state index in [1.54, 1.807) is 7.05 Å². The first-order chi connectivity index (χ1) is 9.57. The van der Waals surface area contributed by atoms with Gasteiger partial charge in [0.1, 0.15) is 0 Å². The fraction of sp³-hybridized carbons (Fsp3) is 0.923. The summed E-state index contributed by atoms with van der Waals surface area (Å²) in [6.07, 6.45) is 5.71. The third-order valence-corrected chi connectivity index (χ3v) is 4.87. The number of nitrogens with zero attached hydrogens (tertiary/aromatic N) is 1. The van der Waals surface area contributed by atoms with Gasteiger partial charge in [-0.2, -0.15) is 0 Å². The van der Waals surface area contributed by atoms with Crippen molar-refractivity contribution >= 4 is 16.0 Å². The number of nitrogens with one attached hydrogen (secondary N) is 3. The maximum atomic E-state index is 11.8. The molecule has 1 aliphatic carbocycles. The van der Waals surface area contributed by atoms with Crippen LogP contribution < -0.4 is 15.4 Å². The fourth-order valence-corrected chi connectivity index (χ4v) is 2.93. The molecule has 1 rings (SSSR count). The van der Waals surface area contributed by atoms with Crippen molar-refractivity contribution in [3.63, 3.8) is 0 Å². The zero-order valence-electron chi connectivity index (χ0n) is 12.6. The Hall–Kier alpha value is -0.820. The summed E-state index contributed by atoms with van der Waals surface area (Å²) in [5.74, 6) is 1.28. The molecular weight excluding hydrogens is 276 g/mol. The first-order valence-electron chi connectivity index (χ1n) is 7.49. The van der Waals surface area contributed by atoms with E-state index in [-0.39, 0.29) is 5.75 Å². The van der Waals surface area contributed by atoms with Crippen LogP contribution in [0.1, 0.15) is 39.0 Å². The molecule has 0 spiro atoms.